The Hall–Kier alpha value is 0.130. The molecule has 1 saturated heterocycles. The van der Waals surface area contributed by atoms with Crippen molar-refractivity contribution in [3.05, 3.63) is 21.9 Å². The largest absolute Gasteiger partial charge is 0.314 e. The summed E-state index contributed by atoms with van der Waals surface area (Å²) in [4.78, 5) is 4.78. The molecule has 1 aliphatic rings. The van der Waals surface area contributed by atoms with Crippen LogP contribution in [0.25, 0.3) is 0 Å². The van der Waals surface area contributed by atoms with Gasteiger partial charge in [0.25, 0.3) is 0 Å². The lowest BCUT2D eigenvalue weighted by atomic mass is 10.2. The Labute approximate surface area is 125 Å². The Morgan fingerprint density at radius 2 is 2.00 bits per heavy atom. The van der Waals surface area contributed by atoms with Crippen LogP contribution in [0.5, 0.6) is 0 Å². The van der Waals surface area contributed by atoms with Crippen molar-refractivity contribution in [3.8, 4) is 0 Å². The Kier molecular flexibility index (Phi) is 9.17. The van der Waals surface area contributed by atoms with Gasteiger partial charge in [-0.2, -0.15) is 0 Å². The third-order valence-electron chi connectivity index (χ3n) is 3.10. The van der Waals surface area contributed by atoms with Crippen LogP contribution >= 0.6 is 36.2 Å². The third-order valence-corrected chi connectivity index (χ3v) is 4.43. The average Bonchev–Trinajstić information content (AvgIpc) is 2.80. The molecule has 0 aromatic carbocycles. The standard InChI is InChI=1S/C12H19FN2S.2ClH/c1-2-10-3-4-12(16-10)11(9-13)15-7-5-14-6-8-15;;/h3-4,11,14H,2,5-9H2,1H3;2*1H/t11-;;/m0../s1. The van der Waals surface area contributed by atoms with Crippen LogP contribution in [0.15, 0.2) is 12.1 Å². The summed E-state index contributed by atoms with van der Waals surface area (Å²) < 4.78 is 13.2. The van der Waals surface area contributed by atoms with Gasteiger partial charge in [0.15, 0.2) is 0 Å². The molecule has 1 aliphatic heterocycles. The molecule has 2 rings (SSSR count). The SMILES string of the molecule is CCc1ccc([C@H](CF)N2CCNCC2)s1.Cl.Cl. The molecule has 0 aliphatic carbocycles. The highest BCUT2D eigenvalue weighted by Gasteiger charge is 2.23. The van der Waals surface area contributed by atoms with Gasteiger partial charge in [0.05, 0.1) is 6.04 Å². The number of hydrogen-bond donors (Lipinski definition) is 1. The van der Waals surface area contributed by atoms with Crippen molar-refractivity contribution >= 4 is 36.2 Å². The number of hydrogen-bond acceptors (Lipinski definition) is 3. The van der Waals surface area contributed by atoms with Gasteiger partial charge >= 0.3 is 0 Å². The van der Waals surface area contributed by atoms with Crippen LogP contribution in [0.1, 0.15) is 22.7 Å². The third kappa shape index (κ3) is 4.35. The Morgan fingerprint density at radius 3 is 2.50 bits per heavy atom. The summed E-state index contributed by atoms with van der Waals surface area (Å²) >= 11 is 1.76. The number of nitrogens with one attached hydrogen (secondary N) is 1. The second kappa shape index (κ2) is 9.10. The lowest BCUT2D eigenvalue weighted by molar-refractivity contribution is 0.150. The number of aryl methyl sites for hydroxylation is 1. The van der Waals surface area contributed by atoms with E-state index in [2.05, 4.69) is 29.3 Å². The number of piperazine rings is 1. The van der Waals surface area contributed by atoms with Crippen LogP contribution < -0.4 is 5.32 Å². The van der Waals surface area contributed by atoms with Gasteiger partial charge in [-0.05, 0) is 18.6 Å². The molecule has 0 amide bonds. The van der Waals surface area contributed by atoms with E-state index in [-0.39, 0.29) is 37.5 Å². The van der Waals surface area contributed by atoms with Crippen LogP contribution in [0.4, 0.5) is 4.39 Å². The highest BCUT2D eigenvalue weighted by molar-refractivity contribution is 7.12. The Morgan fingerprint density at radius 1 is 1.33 bits per heavy atom. The molecule has 6 heteroatoms. The van der Waals surface area contributed by atoms with Crippen molar-refractivity contribution < 1.29 is 4.39 Å². The van der Waals surface area contributed by atoms with E-state index >= 15 is 0 Å². The highest BCUT2D eigenvalue weighted by atomic mass is 35.5. The number of halogens is 3. The first-order chi connectivity index (χ1) is 7.85. The molecule has 2 heterocycles. The van der Waals surface area contributed by atoms with E-state index in [0.717, 1.165) is 32.6 Å². The van der Waals surface area contributed by atoms with Gasteiger partial charge in [-0.25, -0.2) is 4.39 Å². The zero-order valence-corrected chi connectivity index (χ0v) is 13.0. The molecule has 0 spiro atoms. The maximum absolute atomic E-state index is 13.2. The summed E-state index contributed by atoms with van der Waals surface area (Å²) in [6.45, 7) is 5.72. The summed E-state index contributed by atoms with van der Waals surface area (Å²) in [6, 6.07) is 4.20. The number of nitrogens with zero attached hydrogens (tertiary/aromatic N) is 1. The van der Waals surface area contributed by atoms with Crippen molar-refractivity contribution in [1.82, 2.24) is 10.2 Å². The van der Waals surface area contributed by atoms with Crippen molar-refractivity contribution in [2.75, 3.05) is 32.9 Å². The molecular weight excluding hydrogens is 294 g/mol. The topological polar surface area (TPSA) is 15.3 Å². The first kappa shape index (κ1) is 18.1. The molecule has 1 atom stereocenters. The molecule has 2 nitrogen and oxygen atoms in total. The molecule has 0 radical (unpaired) electrons. The average molecular weight is 315 g/mol. The van der Waals surface area contributed by atoms with Crippen molar-refractivity contribution in [3.63, 3.8) is 0 Å². The molecule has 1 N–H and O–H groups in total. The number of alkyl halides is 1. The van der Waals surface area contributed by atoms with E-state index < -0.39 is 0 Å². The predicted molar refractivity (Wildman–Crippen MR) is 81.4 cm³/mol. The van der Waals surface area contributed by atoms with E-state index in [4.69, 9.17) is 0 Å². The van der Waals surface area contributed by atoms with Gasteiger partial charge < -0.3 is 5.32 Å². The summed E-state index contributed by atoms with van der Waals surface area (Å²) in [5.74, 6) is 0. The monoisotopic (exact) mass is 314 g/mol. The highest BCUT2D eigenvalue weighted by Crippen LogP contribution is 2.28. The molecule has 0 unspecified atom stereocenters. The van der Waals surface area contributed by atoms with Crippen LogP contribution in [0, 0.1) is 0 Å². The van der Waals surface area contributed by atoms with Crippen LogP contribution in [-0.2, 0) is 6.42 Å². The maximum Gasteiger partial charge on any atom is 0.110 e. The smallest absolute Gasteiger partial charge is 0.110 e. The Balaban J connectivity index is 0.00000144. The van der Waals surface area contributed by atoms with Crippen molar-refractivity contribution in [2.24, 2.45) is 0 Å². The molecule has 1 aromatic rings. The summed E-state index contributed by atoms with van der Waals surface area (Å²) in [7, 11) is 0. The minimum Gasteiger partial charge on any atom is -0.314 e. The molecule has 106 valence electrons. The molecular formula is C12H21Cl2FN2S. The fourth-order valence-corrected chi connectivity index (χ4v) is 3.18. The second-order valence-electron chi connectivity index (χ2n) is 4.11. The molecule has 0 saturated carbocycles. The Bertz CT molecular complexity index is 330. The summed E-state index contributed by atoms with van der Waals surface area (Å²) in [5.41, 5.74) is 0. The zero-order chi connectivity index (χ0) is 11.4. The van der Waals surface area contributed by atoms with Crippen molar-refractivity contribution in [1.29, 1.82) is 0 Å². The van der Waals surface area contributed by atoms with E-state index in [9.17, 15) is 4.39 Å². The van der Waals surface area contributed by atoms with Gasteiger partial charge in [0.2, 0.25) is 0 Å². The molecule has 18 heavy (non-hydrogen) atoms. The summed E-state index contributed by atoms with van der Waals surface area (Å²) in [5, 5.41) is 3.30. The summed E-state index contributed by atoms with van der Waals surface area (Å²) in [6.07, 6.45) is 1.05. The second-order valence-corrected chi connectivity index (χ2v) is 5.31. The van der Waals surface area contributed by atoms with E-state index in [1.165, 1.54) is 9.75 Å². The normalized spacial score (nSPS) is 17.7. The van der Waals surface area contributed by atoms with Gasteiger partial charge in [-0.15, -0.1) is 36.2 Å². The zero-order valence-electron chi connectivity index (χ0n) is 10.5. The van der Waals surface area contributed by atoms with Crippen LogP contribution in [-0.4, -0.2) is 37.8 Å². The first-order valence-electron chi connectivity index (χ1n) is 5.94. The predicted octanol–water partition coefficient (Wildman–Crippen LogP) is 3.07. The van der Waals surface area contributed by atoms with Gasteiger partial charge in [0.1, 0.15) is 6.67 Å². The van der Waals surface area contributed by atoms with Crippen LogP contribution in [0.3, 0.4) is 0 Å². The maximum atomic E-state index is 13.2. The fourth-order valence-electron chi connectivity index (χ4n) is 2.11. The van der Waals surface area contributed by atoms with Crippen molar-refractivity contribution in [2.45, 2.75) is 19.4 Å². The fraction of sp³-hybridized carbons (Fsp3) is 0.667. The minimum absolute atomic E-state index is 0. The van der Waals surface area contributed by atoms with Crippen LogP contribution in [0.2, 0.25) is 0 Å². The van der Waals surface area contributed by atoms with E-state index in [1.807, 2.05) is 0 Å². The van der Waals surface area contributed by atoms with E-state index in [1.54, 1.807) is 11.3 Å². The molecule has 1 fully saturated rings. The minimum atomic E-state index is -0.274. The van der Waals surface area contributed by atoms with Gasteiger partial charge in [0, 0.05) is 35.9 Å². The number of rotatable bonds is 4. The lowest BCUT2D eigenvalue weighted by Crippen LogP contribution is -2.45. The van der Waals surface area contributed by atoms with Gasteiger partial charge in [-0.3, -0.25) is 4.90 Å². The number of thiophene rings is 1. The quantitative estimate of drug-likeness (QED) is 0.919. The van der Waals surface area contributed by atoms with E-state index in [0.29, 0.717) is 0 Å². The first-order valence-corrected chi connectivity index (χ1v) is 6.76. The lowest BCUT2D eigenvalue weighted by Gasteiger charge is -2.32. The van der Waals surface area contributed by atoms with Gasteiger partial charge in [-0.1, -0.05) is 6.92 Å². The molecule has 1 aromatic heterocycles. The molecule has 0 bridgehead atoms.